The second-order valence-corrected chi connectivity index (χ2v) is 7.51. The summed E-state index contributed by atoms with van der Waals surface area (Å²) in [5.74, 6) is 2.89. The van der Waals surface area contributed by atoms with Crippen molar-refractivity contribution in [1.82, 2.24) is 24.8 Å². The lowest BCUT2D eigenvalue weighted by Crippen LogP contribution is -2.26. The predicted molar refractivity (Wildman–Crippen MR) is 116 cm³/mol. The van der Waals surface area contributed by atoms with Gasteiger partial charge in [-0.05, 0) is 17.8 Å². The van der Waals surface area contributed by atoms with Crippen LogP contribution in [0.1, 0.15) is 30.8 Å². The molecule has 1 atom stereocenters. The summed E-state index contributed by atoms with van der Waals surface area (Å²) in [4.78, 5) is 24.5. The Kier molecular flexibility index (Phi) is 5.95. The number of anilines is 1. The molecule has 4 rings (SSSR count). The Morgan fingerprint density at radius 2 is 2.23 bits per heavy atom. The van der Waals surface area contributed by atoms with Crippen LogP contribution in [-0.2, 0) is 20.8 Å². The third-order valence-electron chi connectivity index (χ3n) is 4.58. The Bertz CT molecular complexity index is 1200. The van der Waals surface area contributed by atoms with Crippen LogP contribution in [0.25, 0.3) is 11.2 Å². The van der Waals surface area contributed by atoms with Gasteiger partial charge in [0.2, 0.25) is 11.0 Å². The highest BCUT2D eigenvalue weighted by atomic mass is 32.2. The minimum Gasteiger partial charge on any atom is -0.454 e. The van der Waals surface area contributed by atoms with E-state index in [9.17, 15) is 4.79 Å². The summed E-state index contributed by atoms with van der Waals surface area (Å²) < 4.78 is 13.5. The molecule has 2 aromatic heterocycles. The second-order valence-electron chi connectivity index (χ2n) is 6.54. The molecule has 1 aromatic carbocycles. The maximum Gasteiger partial charge on any atom is 0.269 e. The van der Waals surface area contributed by atoms with E-state index in [-0.39, 0.29) is 11.7 Å². The molecule has 31 heavy (non-hydrogen) atoms. The van der Waals surface area contributed by atoms with E-state index in [0.29, 0.717) is 46.5 Å². The number of benzene rings is 1. The average molecular weight is 436 g/mol. The maximum atomic E-state index is 11.6. The number of nitrogens with two attached hydrogens (primary N) is 1. The molecule has 1 unspecified atom stereocenters. The van der Waals surface area contributed by atoms with Crippen molar-refractivity contribution >= 4 is 34.7 Å². The first-order chi connectivity index (χ1) is 15.1. The molecule has 3 heterocycles. The van der Waals surface area contributed by atoms with E-state index in [0.717, 1.165) is 5.56 Å². The number of ether oxygens (including phenoxy) is 2. The standard InChI is InChI=1S/C21H20N6O3S/c1-3-13-7-5-6-8-14(13)20-29-11-16(30-20)31-21-26-17-18(22)24-12-25-19(17)27(21)10-9-23-15(28)4-2/h1,5-8,11-12,20H,4,9-10H2,2H3,(H,23,28)(H2,22,24,25). The van der Waals surface area contributed by atoms with Crippen LogP contribution in [0.5, 0.6) is 0 Å². The van der Waals surface area contributed by atoms with E-state index in [1.54, 1.807) is 6.92 Å². The first-order valence-electron chi connectivity index (χ1n) is 9.59. The first-order valence-corrected chi connectivity index (χ1v) is 10.4. The number of rotatable bonds is 7. The van der Waals surface area contributed by atoms with Gasteiger partial charge in [0, 0.05) is 30.6 Å². The van der Waals surface area contributed by atoms with Crippen LogP contribution in [0, 0.1) is 12.3 Å². The zero-order valence-electron chi connectivity index (χ0n) is 16.7. The monoisotopic (exact) mass is 436 g/mol. The quantitative estimate of drug-likeness (QED) is 0.543. The van der Waals surface area contributed by atoms with Crippen molar-refractivity contribution in [3.63, 3.8) is 0 Å². The Balaban J connectivity index is 1.55. The van der Waals surface area contributed by atoms with Gasteiger partial charge in [0.05, 0.1) is 0 Å². The molecule has 0 saturated heterocycles. The highest BCUT2D eigenvalue weighted by molar-refractivity contribution is 8.02. The van der Waals surface area contributed by atoms with Gasteiger partial charge in [-0.3, -0.25) is 4.79 Å². The lowest BCUT2D eigenvalue weighted by molar-refractivity contribution is -0.120. The Morgan fingerprint density at radius 1 is 1.39 bits per heavy atom. The topological polar surface area (TPSA) is 117 Å². The van der Waals surface area contributed by atoms with Crippen molar-refractivity contribution in [1.29, 1.82) is 0 Å². The highest BCUT2D eigenvalue weighted by Gasteiger charge is 2.26. The molecular weight excluding hydrogens is 416 g/mol. The third-order valence-corrected chi connectivity index (χ3v) is 5.47. The van der Waals surface area contributed by atoms with Crippen LogP contribution < -0.4 is 11.1 Å². The van der Waals surface area contributed by atoms with E-state index in [1.165, 1.54) is 24.4 Å². The van der Waals surface area contributed by atoms with E-state index >= 15 is 0 Å². The smallest absolute Gasteiger partial charge is 0.269 e. The van der Waals surface area contributed by atoms with Crippen LogP contribution in [-0.4, -0.2) is 32.0 Å². The number of thioether (sulfide) groups is 1. The van der Waals surface area contributed by atoms with E-state index < -0.39 is 6.29 Å². The molecule has 0 saturated carbocycles. The fourth-order valence-electron chi connectivity index (χ4n) is 3.03. The average Bonchev–Trinajstić information content (AvgIpc) is 3.39. The number of carbonyl (C=O) groups excluding carboxylic acids is 1. The number of hydrogen-bond acceptors (Lipinski definition) is 8. The molecule has 9 nitrogen and oxygen atoms in total. The van der Waals surface area contributed by atoms with Crippen LogP contribution in [0.15, 0.2) is 47.1 Å². The summed E-state index contributed by atoms with van der Waals surface area (Å²) in [6, 6.07) is 7.43. The molecule has 0 bridgehead atoms. The number of aromatic nitrogens is 4. The molecule has 10 heteroatoms. The Morgan fingerprint density at radius 3 is 3.03 bits per heavy atom. The van der Waals surface area contributed by atoms with Gasteiger partial charge < -0.3 is 25.1 Å². The third kappa shape index (κ3) is 4.27. The maximum absolute atomic E-state index is 11.6. The molecule has 3 N–H and O–H groups in total. The SMILES string of the molecule is C#Cc1ccccc1C1OC=C(Sc2nc3c(N)ncnc3n2CCNC(=O)CC)O1. The lowest BCUT2D eigenvalue weighted by Gasteiger charge is -2.14. The van der Waals surface area contributed by atoms with E-state index in [1.807, 2.05) is 28.8 Å². The Labute approximate surface area is 183 Å². The summed E-state index contributed by atoms with van der Waals surface area (Å²) in [6.07, 6.45) is 8.27. The van der Waals surface area contributed by atoms with Crippen molar-refractivity contribution in [3.05, 3.63) is 53.1 Å². The Hall–Kier alpha value is -3.71. The van der Waals surface area contributed by atoms with Crippen LogP contribution >= 0.6 is 11.8 Å². The van der Waals surface area contributed by atoms with E-state index in [4.69, 9.17) is 21.6 Å². The fraction of sp³-hybridized carbons (Fsp3) is 0.238. The largest absolute Gasteiger partial charge is 0.454 e. The zero-order chi connectivity index (χ0) is 21.8. The van der Waals surface area contributed by atoms with Gasteiger partial charge in [0.25, 0.3) is 6.29 Å². The van der Waals surface area contributed by atoms with Gasteiger partial charge in [-0.1, -0.05) is 31.0 Å². The molecule has 0 fully saturated rings. The molecule has 1 aliphatic rings. The lowest BCUT2D eigenvalue weighted by atomic mass is 10.1. The van der Waals surface area contributed by atoms with Crippen molar-refractivity contribution in [2.75, 3.05) is 12.3 Å². The van der Waals surface area contributed by atoms with Gasteiger partial charge in [-0.2, -0.15) is 0 Å². The minimum absolute atomic E-state index is 0.0296. The fourth-order valence-corrected chi connectivity index (χ4v) is 3.88. The number of hydrogen-bond donors (Lipinski definition) is 2. The number of amides is 1. The molecule has 0 spiro atoms. The van der Waals surface area contributed by atoms with Gasteiger partial charge in [-0.25, -0.2) is 15.0 Å². The second kappa shape index (κ2) is 8.97. The summed E-state index contributed by atoms with van der Waals surface area (Å²) >= 11 is 1.27. The van der Waals surface area contributed by atoms with Crippen LogP contribution in [0.3, 0.4) is 0 Å². The molecule has 1 amide bonds. The van der Waals surface area contributed by atoms with Gasteiger partial charge in [-0.15, -0.1) is 6.42 Å². The molecule has 158 valence electrons. The highest BCUT2D eigenvalue weighted by Crippen LogP contribution is 2.39. The number of carbonyl (C=O) groups is 1. The van der Waals surface area contributed by atoms with Crippen molar-refractivity contribution in [2.24, 2.45) is 0 Å². The number of imidazole rings is 1. The molecule has 3 aromatic rings. The molecule has 0 aliphatic carbocycles. The number of terminal acetylenes is 1. The van der Waals surface area contributed by atoms with Crippen molar-refractivity contribution < 1.29 is 14.3 Å². The van der Waals surface area contributed by atoms with Crippen LogP contribution in [0.4, 0.5) is 5.82 Å². The predicted octanol–water partition coefficient (Wildman–Crippen LogP) is 2.55. The van der Waals surface area contributed by atoms with E-state index in [2.05, 4.69) is 26.2 Å². The molecule has 1 aliphatic heterocycles. The molecular formula is C21H20N6O3S. The summed E-state index contributed by atoms with van der Waals surface area (Å²) in [6.45, 7) is 2.68. The van der Waals surface area contributed by atoms with Gasteiger partial charge in [0.15, 0.2) is 22.1 Å². The normalized spacial score (nSPS) is 15.1. The van der Waals surface area contributed by atoms with Crippen molar-refractivity contribution in [3.8, 4) is 12.3 Å². The number of nitrogens with zero attached hydrogens (tertiary/aromatic N) is 4. The summed E-state index contributed by atoms with van der Waals surface area (Å²) in [5.41, 5.74) is 8.51. The van der Waals surface area contributed by atoms with Gasteiger partial charge in [0.1, 0.15) is 12.6 Å². The molecule has 0 radical (unpaired) electrons. The summed E-state index contributed by atoms with van der Waals surface area (Å²) in [5, 5.41) is 3.95. The minimum atomic E-state index is -0.638. The first kappa shape index (κ1) is 20.6. The van der Waals surface area contributed by atoms with Gasteiger partial charge >= 0.3 is 0 Å². The summed E-state index contributed by atoms with van der Waals surface area (Å²) in [7, 11) is 0. The zero-order valence-corrected chi connectivity index (χ0v) is 17.6. The van der Waals surface area contributed by atoms with Crippen LogP contribution in [0.2, 0.25) is 0 Å². The van der Waals surface area contributed by atoms with Crippen molar-refractivity contribution in [2.45, 2.75) is 31.3 Å². The number of fused-ring (bicyclic) bond motifs is 1. The number of nitrogen functional groups attached to an aromatic ring is 1. The number of nitrogens with one attached hydrogen (secondary N) is 1.